The molecule has 0 spiro atoms. The number of hydrogen-bond donors (Lipinski definition) is 0. The Morgan fingerprint density at radius 3 is 2.46 bits per heavy atom. The van der Waals surface area contributed by atoms with Crippen molar-refractivity contribution in [2.75, 3.05) is 14.1 Å². The molecule has 0 saturated carbocycles. The first-order valence-corrected chi connectivity index (χ1v) is 9.08. The van der Waals surface area contributed by atoms with Crippen molar-refractivity contribution in [1.82, 2.24) is 4.90 Å². The minimum Gasteiger partial charge on any atom is -0.452 e. The van der Waals surface area contributed by atoms with Gasteiger partial charge in [-0.1, -0.05) is 54.6 Å². The number of nitrogens with zero attached hydrogens (tertiary/aromatic N) is 1. The highest BCUT2D eigenvalue weighted by Gasteiger charge is 2.35. The number of benzene rings is 3. The third-order valence-electron chi connectivity index (χ3n) is 5.31. The predicted octanol–water partition coefficient (Wildman–Crippen LogP) is 4.61. The average molecular weight is 345 g/mol. The van der Waals surface area contributed by atoms with Gasteiger partial charge in [-0.3, -0.25) is 0 Å². The van der Waals surface area contributed by atoms with E-state index in [4.69, 9.17) is 4.74 Å². The van der Waals surface area contributed by atoms with Gasteiger partial charge in [0.2, 0.25) is 0 Å². The Morgan fingerprint density at radius 1 is 0.962 bits per heavy atom. The normalized spacial score (nSPS) is 19.3. The van der Waals surface area contributed by atoms with E-state index in [2.05, 4.69) is 49.3 Å². The highest BCUT2D eigenvalue weighted by Crippen LogP contribution is 2.39. The molecular weight excluding hydrogens is 322 g/mol. The molecule has 0 aliphatic heterocycles. The van der Waals surface area contributed by atoms with Gasteiger partial charge >= 0.3 is 5.97 Å². The minimum absolute atomic E-state index is 0.168. The van der Waals surface area contributed by atoms with Crippen LogP contribution in [0.3, 0.4) is 0 Å². The Kier molecular flexibility index (Phi) is 4.48. The Morgan fingerprint density at radius 2 is 1.69 bits per heavy atom. The lowest BCUT2D eigenvalue weighted by molar-refractivity contribution is 0.00121. The molecule has 4 rings (SSSR count). The van der Waals surface area contributed by atoms with Gasteiger partial charge in [0.1, 0.15) is 6.10 Å². The van der Waals surface area contributed by atoms with Crippen molar-refractivity contribution in [2.45, 2.75) is 25.0 Å². The zero-order chi connectivity index (χ0) is 18.1. The van der Waals surface area contributed by atoms with Crippen molar-refractivity contribution < 1.29 is 9.53 Å². The lowest BCUT2D eigenvalue weighted by Crippen LogP contribution is -2.39. The molecule has 0 heterocycles. The van der Waals surface area contributed by atoms with Crippen LogP contribution in [0.1, 0.15) is 34.0 Å². The fraction of sp³-hybridized carbons (Fsp3) is 0.261. The second-order valence-electron chi connectivity index (χ2n) is 7.12. The van der Waals surface area contributed by atoms with Gasteiger partial charge in [-0.15, -0.1) is 0 Å². The quantitative estimate of drug-likeness (QED) is 0.649. The van der Waals surface area contributed by atoms with E-state index in [0.29, 0.717) is 5.56 Å². The number of carbonyl (C=O) groups excluding carboxylic acids is 1. The van der Waals surface area contributed by atoms with Gasteiger partial charge in [0, 0.05) is 5.56 Å². The molecule has 3 nitrogen and oxygen atoms in total. The number of rotatable bonds is 3. The molecule has 2 atom stereocenters. The lowest BCUT2D eigenvalue weighted by Gasteiger charge is -2.37. The van der Waals surface area contributed by atoms with Crippen molar-refractivity contribution in [3.05, 3.63) is 83.4 Å². The number of fused-ring (bicyclic) bond motifs is 3. The van der Waals surface area contributed by atoms with Crippen LogP contribution in [0.5, 0.6) is 0 Å². The van der Waals surface area contributed by atoms with Crippen LogP contribution in [-0.4, -0.2) is 31.0 Å². The Balaban J connectivity index is 1.80. The van der Waals surface area contributed by atoms with E-state index in [-0.39, 0.29) is 18.1 Å². The summed E-state index contributed by atoms with van der Waals surface area (Å²) in [7, 11) is 4.12. The third kappa shape index (κ3) is 2.99. The largest absolute Gasteiger partial charge is 0.452 e. The van der Waals surface area contributed by atoms with Gasteiger partial charge < -0.3 is 9.64 Å². The van der Waals surface area contributed by atoms with Crippen molar-refractivity contribution >= 4 is 16.7 Å². The van der Waals surface area contributed by atoms with Crippen LogP contribution >= 0.6 is 0 Å². The van der Waals surface area contributed by atoms with Crippen molar-refractivity contribution in [1.29, 1.82) is 0 Å². The maximum Gasteiger partial charge on any atom is 0.338 e. The first-order chi connectivity index (χ1) is 12.6. The average Bonchev–Trinajstić information content (AvgIpc) is 2.68. The summed E-state index contributed by atoms with van der Waals surface area (Å²) in [5, 5.41) is 2.37. The number of carbonyl (C=O) groups is 1. The maximum absolute atomic E-state index is 12.8. The second-order valence-corrected chi connectivity index (χ2v) is 7.12. The number of aryl methyl sites for hydroxylation is 1. The van der Waals surface area contributed by atoms with E-state index in [0.717, 1.165) is 18.4 Å². The van der Waals surface area contributed by atoms with Gasteiger partial charge in [0.05, 0.1) is 11.6 Å². The van der Waals surface area contributed by atoms with Gasteiger partial charge in [0.25, 0.3) is 0 Å². The van der Waals surface area contributed by atoms with Crippen molar-refractivity contribution in [3.63, 3.8) is 0 Å². The van der Waals surface area contributed by atoms with Crippen LogP contribution in [0.15, 0.2) is 66.7 Å². The highest BCUT2D eigenvalue weighted by molar-refractivity contribution is 5.91. The van der Waals surface area contributed by atoms with E-state index >= 15 is 0 Å². The molecule has 3 aromatic rings. The zero-order valence-electron chi connectivity index (χ0n) is 15.2. The third-order valence-corrected chi connectivity index (χ3v) is 5.31. The van der Waals surface area contributed by atoms with E-state index < -0.39 is 0 Å². The molecule has 0 radical (unpaired) electrons. The molecule has 26 heavy (non-hydrogen) atoms. The van der Waals surface area contributed by atoms with Gasteiger partial charge in [-0.2, -0.15) is 0 Å². The standard InChI is InChI=1S/C23H23NO2/c1-24(2)20-15-14-17-13-12-16-8-6-7-11-19(16)21(17)22(20)26-23(25)18-9-4-3-5-10-18/h3-13,20,22H,14-15H2,1-2H3/t20-,22+/m0/s1. The predicted molar refractivity (Wildman–Crippen MR) is 104 cm³/mol. The molecule has 0 amide bonds. The van der Waals surface area contributed by atoms with Crippen LogP contribution in [0.25, 0.3) is 10.8 Å². The lowest BCUT2D eigenvalue weighted by atomic mass is 9.82. The van der Waals surface area contributed by atoms with E-state index in [1.807, 2.05) is 24.3 Å². The number of hydrogen-bond acceptors (Lipinski definition) is 3. The number of likely N-dealkylation sites (N-methyl/N-ethyl adjacent to an activating group) is 1. The number of ether oxygens (including phenoxy) is 1. The van der Waals surface area contributed by atoms with Gasteiger partial charge in [-0.25, -0.2) is 4.79 Å². The van der Waals surface area contributed by atoms with Crippen LogP contribution in [0.2, 0.25) is 0 Å². The monoisotopic (exact) mass is 345 g/mol. The zero-order valence-corrected chi connectivity index (χ0v) is 15.2. The molecule has 0 fully saturated rings. The Labute approximate surface area is 154 Å². The Hall–Kier alpha value is -2.65. The summed E-state index contributed by atoms with van der Waals surface area (Å²) in [6, 6.07) is 22.1. The topological polar surface area (TPSA) is 29.5 Å². The smallest absolute Gasteiger partial charge is 0.338 e. The Bertz CT molecular complexity index is 933. The molecule has 1 aliphatic carbocycles. The molecule has 0 aromatic heterocycles. The fourth-order valence-corrected chi connectivity index (χ4v) is 3.97. The molecular formula is C23H23NO2. The van der Waals surface area contributed by atoms with Gasteiger partial charge in [0.15, 0.2) is 0 Å². The van der Waals surface area contributed by atoms with Crippen LogP contribution in [0.4, 0.5) is 0 Å². The first kappa shape index (κ1) is 16.8. The summed E-state index contributed by atoms with van der Waals surface area (Å²) in [5.74, 6) is -0.261. The maximum atomic E-state index is 12.8. The molecule has 132 valence electrons. The summed E-state index contributed by atoms with van der Waals surface area (Å²) in [4.78, 5) is 15.0. The molecule has 0 bridgehead atoms. The van der Waals surface area contributed by atoms with E-state index in [9.17, 15) is 4.79 Å². The van der Waals surface area contributed by atoms with Crippen LogP contribution < -0.4 is 0 Å². The second kappa shape index (κ2) is 6.93. The molecule has 3 heteroatoms. The molecule has 0 saturated heterocycles. The molecule has 3 aromatic carbocycles. The summed E-state index contributed by atoms with van der Waals surface area (Å²) < 4.78 is 6.11. The van der Waals surface area contributed by atoms with Crippen molar-refractivity contribution in [2.24, 2.45) is 0 Å². The first-order valence-electron chi connectivity index (χ1n) is 9.08. The molecule has 1 aliphatic rings. The number of esters is 1. The summed E-state index contributed by atoms with van der Waals surface area (Å²) in [6.07, 6.45) is 1.71. The van der Waals surface area contributed by atoms with Crippen LogP contribution in [0, 0.1) is 0 Å². The highest BCUT2D eigenvalue weighted by atomic mass is 16.5. The summed E-state index contributed by atoms with van der Waals surface area (Å²) in [6.45, 7) is 0. The fourth-order valence-electron chi connectivity index (χ4n) is 3.97. The van der Waals surface area contributed by atoms with E-state index in [1.165, 1.54) is 16.3 Å². The van der Waals surface area contributed by atoms with E-state index in [1.54, 1.807) is 12.1 Å². The SMILES string of the molecule is CN(C)[C@H]1CCc2ccc3ccccc3c2[C@@H]1OC(=O)c1ccccc1. The van der Waals surface area contributed by atoms with Gasteiger partial charge in [-0.05, 0) is 55.4 Å². The summed E-state index contributed by atoms with van der Waals surface area (Å²) >= 11 is 0. The molecule has 0 unspecified atom stereocenters. The van der Waals surface area contributed by atoms with Crippen molar-refractivity contribution in [3.8, 4) is 0 Å². The minimum atomic E-state index is -0.271. The summed E-state index contributed by atoms with van der Waals surface area (Å²) in [5.41, 5.74) is 3.04. The van der Waals surface area contributed by atoms with Crippen LogP contribution in [-0.2, 0) is 11.2 Å². The molecule has 0 N–H and O–H groups in total.